The van der Waals surface area contributed by atoms with Crippen molar-refractivity contribution in [3.8, 4) is 6.07 Å². The van der Waals surface area contributed by atoms with Gasteiger partial charge in [-0.1, -0.05) is 6.42 Å². The summed E-state index contributed by atoms with van der Waals surface area (Å²) in [6, 6.07) is 6.25. The largest absolute Gasteiger partial charge is 0.358 e. The Morgan fingerprint density at radius 2 is 2.47 bits per heavy atom. The van der Waals surface area contributed by atoms with Crippen LogP contribution in [0.3, 0.4) is 0 Å². The molecule has 1 aliphatic heterocycles. The van der Waals surface area contributed by atoms with Crippen LogP contribution in [0.4, 0.5) is 5.82 Å². The van der Waals surface area contributed by atoms with Crippen molar-refractivity contribution in [2.24, 2.45) is 0 Å². The molecule has 1 atom stereocenters. The second kappa shape index (κ2) is 5.65. The number of pyridine rings is 1. The van der Waals surface area contributed by atoms with Gasteiger partial charge in [0.05, 0.1) is 11.6 Å². The van der Waals surface area contributed by atoms with Gasteiger partial charge in [-0.25, -0.2) is 4.98 Å². The monoisotopic (exact) mass is 230 g/mol. The highest BCUT2D eigenvalue weighted by Gasteiger charge is 2.15. The number of anilines is 1. The molecule has 0 amide bonds. The van der Waals surface area contributed by atoms with E-state index < -0.39 is 0 Å². The van der Waals surface area contributed by atoms with Gasteiger partial charge >= 0.3 is 0 Å². The van der Waals surface area contributed by atoms with Crippen molar-refractivity contribution in [2.45, 2.75) is 25.3 Å². The molecule has 1 N–H and O–H groups in total. The molecule has 4 heteroatoms. The quantitative estimate of drug-likeness (QED) is 0.855. The molecule has 2 heterocycles. The summed E-state index contributed by atoms with van der Waals surface area (Å²) in [5.74, 6) is 0.872. The molecule has 0 radical (unpaired) electrons. The molecule has 1 fully saturated rings. The standard InChI is InChI=1S/C13H18N4/c1-17(10-12-4-2-3-6-15-12)13-8-11(9-14)5-7-16-13/h5,7-8,12,15H,2-4,6,10H2,1H3/t12-/m1/s1. The first-order valence-corrected chi connectivity index (χ1v) is 6.10. The van der Waals surface area contributed by atoms with Crippen LogP contribution in [0.15, 0.2) is 18.3 Å². The van der Waals surface area contributed by atoms with Gasteiger partial charge in [-0.2, -0.15) is 5.26 Å². The van der Waals surface area contributed by atoms with Gasteiger partial charge in [-0.3, -0.25) is 0 Å². The molecule has 4 nitrogen and oxygen atoms in total. The van der Waals surface area contributed by atoms with E-state index in [1.165, 1.54) is 19.3 Å². The normalized spacial score (nSPS) is 19.6. The second-order valence-electron chi connectivity index (χ2n) is 4.54. The SMILES string of the molecule is CN(C[C@H]1CCCCN1)c1cc(C#N)ccn1. The molecule has 2 rings (SSSR count). The first-order valence-electron chi connectivity index (χ1n) is 6.10. The number of hydrogen-bond acceptors (Lipinski definition) is 4. The van der Waals surface area contributed by atoms with Crippen molar-refractivity contribution in [3.05, 3.63) is 23.9 Å². The minimum Gasteiger partial charge on any atom is -0.358 e. The molecule has 0 unspecified atom stereocenters. The van der Waals surface area contributed by atoms with Crippen LogP contribution in [-0.2, 0) is 0 Å². The fourth-order valence-electron chi connectivity index (χ4n) is 2.20. The van der Waals surface area contributed by atoms with E-state index in [9.17, 15) is 0 Å². The Hall–Kier alpha value is -1.60. The number of rotatable bonds is 3. The second-order valence-corrected chi connectivity index (χ2v) is 4.54. The molecule has 1 saturated heterocycles. The summed E-state index contributed by atoms with van der Waals surface area (Å²) in [5.41, 5.74) is 0.665. The lowest BCUT2D eigenvalue weighted by molar-refractivity contribution is 0.403. The van der Waals surface area contributed by atoms with Crippen LogP contribution in [0, 0.1) is 11.3 Å². The van der Waals surface area contributed by atoms with Crippen LogP contribution >= 0.6 is 0 Å². The lowest BCUT2D eigenvalue weighted by Crippen LogP contribution is -2.42. The molecule has 0 aromatic carbocycles. The van der Waals surface area contributed by atoms with Gasteiger partial charge in [0.1, 0.15) is 5.82 Å². The molecule has 1 aromatic heterocycles. The smallest absolute Gasteiger partial charge is 0.129 e. The van der Waals surface area contributed by atoms with E-state index in [1.54, 1.807) is 12.3 Å². The predicted octanol–water partition coefficient (Wildman–Crippen LogP) is 1.53. The number of nitriles is 1. The van der Waals surface area contributed by atoms with E-state index in [4.69, 9.17) is 5.26 Å². The molecule has 1 aromatic rings. The zero-order valence-electron chi connectivity index (χ0n) is 10.2. The van der Waals surface area contributed by atoms with Crippen LogP contribution in [0.25, 0.3) is 0 Å². The van der Waals surface area contributed by atoms with Crippen LogP contribution < -0.4 is 10.2 Å². The van der Waals surface area contributed by atoms with E-state index in [0.717, 1.165) is 18.9 Å². The van der Waals surface area contributed by atoms with E-state index >= 15 is 0 Å². The predicted molar refractivity (Wildman–Crippen MR) is 67.9 cm³/mol. The minimum atomic E-state index is 0.543. The summed E-state index contributed by atoms with van der Waals surface area (Å²) in [7, 11) is 2.03. The van der Waals surface area contributed by atoms with Crippen molar-refractivity contribution in [2.75, 3.05) is 25.0 Å². The summed E-state index contributed by atoms with van der Waals surface area (Å²) >= 11 is 0. The number of nitrogens with one attached hydrogen (secondary N) is 1. The highest BCUT2D eigenvalue weighted by atomic mass is 15.2. The van der Waals surface area contributed by atoms with Crippen molar-refractivity contribution in [3.63, 3.8) is 0 Å². The Bertz CT molecular complexity index is 404. The molecular weight excluding hydrogens is 212 g/mol. The Balaban J connectivity index is 1.98. The van der Waals surface area contributed by atoms with Gasteiger partial charge in [0.25, 0.3) is 0 Å². The number of nitrogens with zero attached hydrogens (tertiary/aromatic N) is 3. The summed E-state index contributed by atoms with van der Waals surface area (Å²) in [4.78, 5) is 6.41. The summed E-state index contributed by atoms with van der Waals surface area (Å²) in [6.45, 7) is 2.06. The lowest BCUT2D eigenvalue weighted by atomic mass is 10.0. The van der Waals surface area contributed by atoms with Crippen molar-refractivity contribution < 1.29 is 0 Å². The van der Waals surface area contributed by atoms with Crippen molar-refractivity contribution in [1.82, 2.24) is 10.3 Å². The van der Waals surface area contributed by atoms with Crippen LogP contribution in [0.5, 0.6) is 0 Å². The summed E-state index contributed by atoms with van der Waals surface area (Å²) in [6.07, 6.45) is 5.50. The zero-order valence-corrected chi connectivity index (χ0v) is 10.2. The zero-order chi connectivity index (χ0) is 12.1. The van der Waals surface area contributed by atoms with Gasteiger partial charge in [0.2, 0.25) is 0 Å². The molecule has 90 valence electrons. The topological polar surface area (TPSA) is 52.0 Å². The summed E-state index contributed by atoms with van der Waals surface area (Å²) < 4.78 is 0. The first kappa shape index (κ1) is 11.9. The Morgan fingerprint density at radius 1 is 1.59 bits per heavy atom. The third kappa shape index (κ3) is 3.18. The molecule has 17 heavy (non-hydrogen) atoms. The number of aromatic nitrogens is 1. The molecular formula is C13H18N4. The van der Waals surface area contributed by atoms with E-state index in [1.807, 2.05) is 13.1 Å². The summed E-state index contributed by atoms with van der Waals surface area (Å²) in [5, 5.41) is 12.4. The highest BCUT2D eigenvalue weighted by molar-refractivity contribution is 5.44. The molecule has 0 aliphatic carbocycles. The lowest BCUT2D eigenvalue weighted by Gasteiger charge is -2.28. The van der Waals surface area contributed by atoms with Gasteiger partial charge in [-0.15, -0.1) is 0 Å². The first-order chi connectivity index (χ1) is 8.29. The number of likely N-dealkylation sites (N-methyl/N-ethyl adjacent to an activating group) is 1. The molecule has 0 saturated carbocycles. The Labute approximate surface area is 102 Å². The minimum absolute atomic E-state index is 0.543. The van der Waals surface area contributed by atoms with Crippen molar-refractivity contribution in [1.29, 1.82) is 5.26 Å². The molecule has 0 spiro atoms. The molecule has 0 bridgehead atoms. The third-order valence-electron chi connectivity index (χ3n) is 3.17. The van der Waals surface area contributed by atoms with Crippen LogP contribution in [0.1, 0.15) is 24.8 Å². The maximum absolute atomic E-state index is 8.86. The Morgan fingerprint density at radius 3 is 3.18 bits per heavy atom. The van der Waals surface area contributed by atoms with Gasteiger partial charge in [-0.05, 0) is 31.5 Å². The Kier molecular flexibility index (Phi) is 3.94. The maximum atomic E-state index is 8.86. The number of piperidine rings is 1. The van der Waals surface area contributed by atoms with Crippen LogP contribution in [-0.4, -0.2) is 31.2 Å². The fraction of sp³-hybridized carbons (Fsp3) is 0.538. The highest BCUT2D eigenvalue weighted by Crippen LogP contribution is 2.13. The molecule has 1 aliphatic rings. The number of hydrogen-bond donors (Lipinski definition) is 1. The maximum Gasteiger partial charge on any atom is 0.129 e. The van der Waals surface area contributed by atoms with Gasteiger partial charge < -0.3 is 10.2 Å². The third-order valence-corrected chi connectivity index (χ3v) is 3.17. The van der Waals surface area contributed by atoms with Crippen LogP contribution in [0.2, 0.25) is 0 Å². The average molecular weight is 230 g/mol. The van der Waals surface area contributed by atoms with Crippen molar-refractivity contribution >= 4 is 5.82 Å². The van der Waals surface area contributed by atoms with E-state index in [0.29, 0.717) is 11.6 Å². The van der Waals surface area contributed by atoms with E-state index in [-0.39, 0.29) is 0 Å². The van der Waals surface area contributed by atoms with E-state index in [2.05, 4.69) is 21.3 Å². The average Bonchev–Trinajstić information content (AvgIpc) is 2.40. The van der Waals surface area contributed by atoms with Gasteiger partial charge in [0, 0.05) is 25.8 Å². The van der Waals surface area contributed by atoms with Gasteiger partial charge in [0.15, 0.2) is 0 Å². The fourth-order valence-corrected chi connectivity index (χ4v) is 2.20.